The number of aldehydes is 1. The zero-order valence-electron chi connectivity index (χ0n) is 10.8. The van der Waals surface area contributed by atoms with E-state index in [9.17, 15) is 4.79 Å². The Kier molecular flexibility index (Phi) is 2.90. The van der Waals surface area contributed by atoms with Gasteiger partial charge in [0.15, 0.2) is 6.29 Å². The predicted octanol–water partition coefficient (Wildman–Crippen LogP) is 5.18. The van der Waals surface area contributed by atoms with Gasteiger partial charge in [0.1, 0.15) is 0 Å². The smallest absolute Gasteiger partial charge is 0.151 e. The van der Waals surface area contributed by atoms with Gasteiger partial charge in [-0.2, -0.15) is 0 Å². The van der Waals surface area contributed by atoms with Crippen LogP contribution in [0.25, 0.3) is 21.5 Å². The molecule has 94 valence electrons. The monoisotopic (exact) mass is 312 g/mol. The summed E-state index contributed by atoms with van der Waals surface area (Å²) in [4.78, 5) is 11.0. The van der Waals surface area contributed by atoms with Gasteiger partial charge in [0.05, 0.1) is 0 Å². The van der Waals surface area contributed by atoms with E-state index in [0.717, 1.165) is 21.5 Å². The highest BCUT2D eigenvalue weighted by Crippen LogP contribution is 2.29. The van der Waals surface area contributed by atoms with Gasteiger partial charge in [0.25, 0.3) is 0 Å². The van der Waals surface area contributed by atoms with Crippen molar-refractivity contribution in [2.75, 3.05) is 0 Å². The van der Waals surface area contributed by atoms with Gasteiger partial charge in [-0.1, -0.05) is 28.1 Å². The summed E-state index contributed by atoms with van der Waals surface area (Å²) in [5, 5.41) is 4.70. The second-order valence-corrected chi connectivity index (χ2v) is 5.83. The molecule has 0 aliphatic carbocycles. The molecular formula is C17H13BrO. The number of benzene rings is 3. The number of halogens is 1. The van der Waals surface area contributed by atoms with E-state index in [0.29, 0.717) is 5.56 Å². The Morgan fingerprint density at radius 3 is 1.79 bits per heavy atom. The van der Waals surface area contributed by atoms with E-state index >= 15 is 0 Å². The lowest BCUT2D eigenvalue weighted by atomic mass is 9.98. The van der Waals surface area contributed by atoms with Crippen molar-refractivity contribution in [3.63, 3.8) is 0 Å². The molecule has 0 fully saturated rings. The van der Waals surface area contributed by atoms with Crippen LogP contribution in [0.5, 0.6) is 0 Å². The maximum Gasteiger partial charge on any atom is 0.151 e. The van der Waals surface area contributed by atoms with Gasteiger partial charge in [0.2, 0.25) is 0 Å². The second kappa shape index (κ2) is 4.46. The third kappa shape index (κ3) is 2.06. The fraction of sp³-hybridized carbons (Fsp3) is 0.118. The van der Waals surface area contributed by atoms with Gasteiger partial charge in [-0.05, 0) is 70.8 Å². The lowest BCUT2D eigenvalue weighted by Crippen LogP contribution is -1.86. The van der Waals surface area contributed by atoms with E-state index in [2.05, 4.69) is 54.0 Å². The first-order valence-electron chi connectivity index (χ1n) is 6.18. The van der Waals surface area contributed by atoms with Crippen LogP contribution in [0.2, 0.25) is 0 Å². The Morgan fingerprint density at radius 1 is 0.789 bits per heavy atom. The largest absolute Gasteiger partial charge is 0.298 e. The first kappa shape index (κ1) is 12.4. The molecule has 0 heterocycles. The third-order valence-corrected chi connectivity index (χ3v) is 4.34. The number of rotatable bonds is 1. The average molecular weight is 313 g/mol. The minimum atomic E-state index is 0.690. The molecule has 0 spiro atoms. The summed E-state index contributed by atoms with van der Waals surface area (Å²) in [6.07, 6.45) is 0.883. The van der Waals surface area contributed by atoms with Crippen molar-refractivity contribution in [2.45, 2.75) is 13.8 Å². The van der Waals surface area contributed by atoms with Crippen molar-refractivity contribution < 1.29 is 4.79 Å². The lowest BCUT2D eigenvalue weighted by molar-refractivity contribution is 0.112. The van der Waals surface area contributed by atoms with Crippen LogP contribution in [0.4, 0.5) is 0 Å². The van der Waals surface area contributed by atoms with Crippen LogP contribution in [-0.2, 0) is 0 Å². The standard InChI is InChI=1S/C17H13BrO/c1-10-3-12-5-14-7-16(9-19)17(18)8-15(14)6-13(12)4-11(10)2/h3-9H,1-2H3. The van der Waals surface area contributed by atoms with Crippen molar-refractivity contribution in [3.05, 3.63) is 57.6 Å². The van der Waals surface area contributed by atoms with Crippen LogP contribution in [0, 0.1) is 13.8 Å². The second-order valence-electron chi connectivity index (χ2n) is 4.97. The molecule has 0 saturated carbocycles. The van der Waals surface area contributed by atoms with E-state index < -0.39 is 0 Å². The molecular weight excluding hydrogens is 300 g/mol. The van der Waals surface area contributed by atoms with E-state index in [-0.39, 0.29) is 0 Å². The van der Waals surface area contributed by atoms with Crippen LogP contribution in [0.15, 0.2) is 40.9 Å². The minimum Gasteiger partial charge on any atom is -0.298 e. The third-order valence-electron chi connectivity index (χ3n) is 3.65. The summed E-state index contributed by atoms with van der Waals surface area (Å²) in [6.45, 7) is 4.25. The Bertz CT molecular complexity index is 818. The molecule has 3 rings (SSSR count). The maximum atomic E-state index is 11.0. The van der Waals surface area contributed by atoms with Crippen molar-refractivity contribution in [1.82, 2.24) is 0 Å². The van der Waals surface area contributed by atoms with E-state index in [1.807, 2.05) is 12.1 Å². The number of carbonyl (C=O) groups excluding carboxylic acids is 1. The molecule has 0 N–H and O–H groups in total. The molecule has 0 bridgehead atoms. The summed E-state index contributed by atoms with van der Waals surface area (Å²) < 4.78 is 0.846. The molecule has 0 amide bonds. The summed E-state index contributed by atoms with van der Waals surface area (Å²) in [5.74, 6) is 0. The Balaban J connectivity index is 2.41. The zero-order valence-corrected chi connectivity index (χ0v) is 12.4. The van der Waals surface area contributed by atoms with Gasteiger partial charge in [-0.25, -0.2) is 0 Å². The Hall–Kier alpha value is -1.67. The van der Waals surface area contributed by atoms with Gasteiger partial charge in [-0.3, -0.25) is 4.79 Å². The fourth-order valence-corrected chi connectivity index (χ4v) is 2.86. The molecule has 0 aromatic heterocycles. The van der Waals surface area contributed by atoms with Gasteiger partial charge in [0, 0.05) is 10.0 Å². The van der Waals surface area contributed by atoms with Gasteiger partial charge in [-0.15, -0.1) is 0 Å². The predicted molar refractivity (Wildman–Crippen MR) is 84.0 cm³/mol. The number of hydrogen-bond donors (Lipinski definition) is 0. The van der Waals surface area contributed by atoms with Crippen LogP contribution < -0.4 is 0 Å². The van der Waals surface area contributed by atoms with Crippen LogP contribution >= 0.6 is 15.9 Å². The number of hydrogen-bond acceptors (Lipinski definition) is 1. The van der Waals surface area contributed by atoms with Crippen molar-refractivity contribution >= 4 is 43.8 Å². The molecule has 0 aliphatic heterocycles. The highest BCUT2D eigenvalue weighted by atomic mass is 79.9. The summed E-state index contributed by atoms with van der Waals surface area (Å²) in [7, 11) is 0. The molecule has 0 radical (unpaired) electrons. The molecule has 1 nitrogen and oxygen atoms in total. The lowest BCUT2D eigenvalue weighted by Gasteiger charge is -2.07. The molecule has 0 aliphatic rings. The number of fused-ring (bicyclic) bond motifs is 2. The Morgan fingerprint density at radius 2 is 1.26 bits per heavy atom. The first-order valence-corrected chi connectivity index (χ1v) is 6.97. The highest BCUT2D eigenvalue weighted by molar-refractivity contribution is 9.10. The van der Waals surface area contributed by atoms with Crippen molar-refractivity contribution in [2.24, 2.45) is 0 Å². The first-order chi connectivity index (χ1) is 9.08. The number of aryl methyl sites for hydroxylation is 2. The molecule has 0 saturated heterocycles. The summed E-state index contributed by atoms with van der Waals surface area (Å²) in [5.41, 5.74) is 3.28. The van der Waals surface area contributed by atoms with Crippen molar-refractivity contribution in [1.29, 1.82) is 0 Å². The van der Waals surface area contributed by atoms with Crippen LogP contribution in [0.3, 0.4) is 0 Å². The molecule has 19 heavy (non-hydrogen) atoms. The average Bonchev–Trinajstić information content (AvgIpc) is 2.38. The molecule has 3 aromatic rings. The molecule has 3 aromatic carbocycles. The summed E-state index contributed by atoms with van der Waals surface area (Å²) >= 11 is 3.44. The Labute approximate surface area is 120 Å². The fourth-order valence-electron chi connectivity index (χ4n) is 2.41. The molecule has 0 unspecified atom stereocenters. The van der Waals surface area contributed by atoms with E-state index in [4.69, 9.17) is 0 Å². The summed E-state index contributed by atoms with van der Waals surface area (Å²) in [6, 6.07) is 12.7. The van der Waals surface area contributed by atoms with Crippen LogP contribution in [0.1, 0.15) is 21.5 Å². The van der Waals surface area contributed by atoms with Gasteiger partial charge >= 0.3 is 0 Å². The number of carbonyl (C=O) groups is 1. The molecule has 0 atom stereocenters. The minimum absolute atomic E-state index is 0.690. The van der Waals surface area contributed by atoms with E-state index in [1.54, 1.807) is 0 Å². The SMILES string of the molecule is Cc1cc2cc3cc(Br)c(C=O)cc3cc2cc1C. The van der Waals surface area contributed by atoms with Crippen molar-refractivity contribution in [3.8, 4) is 0 Å². The topological polar surface area (TPSA) is 17.1 Å². The highest BCUT2D eigenvalue weighted by Gasteiger charge is 2.05. The maximum absolute atomic E-state index is 11.0. The molecule has 2 heteroatoms. The zero-order chi connectivity index (χ0) is 13.6. The quantitative estimate of drug-likeness (QED) is 0.446. The van der Waals surface area contributed by atoms with E-state index in [1.165, 1.54) is 21.9 Å². The normalized spacial score (nSPS) is 11.1. The van der Waals surface area contributed by atoms with Crippen LogP contribution in [-0.4, -0.2) is 6.29 Å². The van der Waals surface area contributed by atoms with Gasteiger partial charge < -0.3 is 0 Å².